The maximum Gasteiger partial charge on any atom is 0.155 e. The molecule has 0 radical (unpaired) electrons. The predicted octanol–water partition coefficient (Wildman–Crippen LogP) is 3.57. The van der Waals surface area contributed by atoms with Gasteiger partial charge in [-0.2, -0.15) is 10.4 Å². The minimum Gasteiger partial charge on any atom is -0.261 e. The zero-order valence-electron chi connectivity index (χ0n) is 11.5. The number of hydrogen-bond acceptors (Lipinski definition) is 3. The SMILES string of the molecule is N#CC1(c2cccc(-c3ccnc4[nH]ncc34)c2)CCC1. The highest BCUT2D eigenvalue weighted by atomic mass is 15.1. The molecule has 2 heterocycles. The van der Waals surface area contributed by atoms with Gasteiger partial charge in [-0.25, -0.2) is 4.98 Å². The Hall–Kier alpha value is -2.67. The fraction of sp³-hybridized carbons (Fsp3) is 0.235. The number of nitrogens with zero attached hydrogens (tertiary/aromatic N) is 3. The molecule has 3 aromatic rings. The van der Waals surface area contributed by atoms with E-state index >= 15 is 0 Å². The Balaban J connectivity index is 1.87. The van der Waals surface area contributed by atoms with E-state index in [9.17, 15) is 5.26 Å². The second-order valence-electron chi connectivity index (χ2n) is 5.62. The lowest BCUT2D eigenvalue weighted by Gasteiger charge is -2.35. The highest BCUT2D eigenvalue weighted by Crippen LogP contribution is 2.44. The average molecular weight is 274 g/mol. The van der Waals surface area contributed by atoms with Gasteiger partial charge < -0.3 is 0 Å². The quantitative estimate of drug-likeness (QED) is 0.776. The Morgan fingerprint density at radius 2 is 2.14 bits per heavy atom. The Labute approximate surface area is 122 Å². The average Bonchev–Trinajstić information content (AvgIpc) is 2.95. The number of aromatic nitrogens is 3. The summed E-state index contributed by atoms with van der Waals surface area (Å²) in [6.45, 7) is 0. The summed E-state index contributed by atoms with van der Waals surface area (Å²) < 4.78 is 0. The molecule has 21 heavy (non-hydrogen) atoms. The smallest absolute Gasteiger partial charge is 0.155 e. The van der Waals surface area contributed by atoms with E-state index in [-0.39, 0.29) is 5.41 Å². The molecule has 4 nitrogen and oxygen atoms in total. The normalized spacial score (nSPS) is 16.3. The number of fused-ring (bicyclic) bond motifs is 1. The van der Waals surface area contributed by atoms with Gasteiger partial charge in [-0.1, -0.05) is 18.2 Å². The molecule has 0 saturated heterocycles. The summed E-state index contributed by atoms with van der Waals surface area (Å²) in [5.41, 5.74) is 3.85. The predicted molar refractivity (Wildman–Crippen MR) is 80.5 cm³/mol. The molecule has 0 aliphatic heterocycles. The molecule has 0 bridgehead atoms. The minimum absolute atomic E-state index is 0.279. The van der Waals surface area contributed by atoms with Gasteiger partial charge in [0.1, 0.15) is 0 Å². The zero-order chi connectivity index (χ0) is 14.3. The number of pyridine rings is 1. The third kappa shape index (κ3) is 1.74. The van der Waals surface area contributed by atoms with Crippen molar-refractivity contribution < 1.29 is 0 Å². The maximum atomic E-state index is 9.52. The van der Waals surface area contributed by atoms with E-state index in [2.05, 4.69) is 39.4 Å². The fourth-order valence-electron chi connectivity index (χ4n) is 3.08. The first-order valence-corrected chi connectivity index (χ1v) is 7.13. The molecule has 0 atom stereocenters. The van der Waals surface area contributed by atoms with E-state index in [1.54, 1.807) is 12.4 Å². The summed E-state index contributed by atoms with van der Waals surface area (Å²) in [4.78, 5) is 4.27. The summed E-state index contributed by atoms with van der Waals surface area (Å²) in [6.07, 6.45) is 6.65. The monoisotopic (exact) mass is 274 g/mol. The van der Waals surface area contributed by atoms with Crippen LogP contribution in [0.4, 0.5) is 0 Å². The van der Waals surface area contributed by atoms with Crippen LogP contribution in [0.2, 0.25) is 0 Å². The molecule has 0 unspecified atom stereocenters. The van der Waals surface area contributed by atoms with Crippen LogP contribution < -0.4 is 0 Å². The van der Waals surface area contributed by atoms with Crippen molar-refractivity contribution in [3.63, 3.8) is 0 Å². The van der Waals surface area contributed by atoms with Gasteiger partial charge in [0, 0.05) is 11.6 Å². The topological polar surface area (TPSA) is 65.4 Å². The van der Waals surface area contributed by atoms with Crippen LogP contribution in [-0.4, -0.2) is 15.2 Å². The van der Waals surface area contributed by atoms with Crippen molar-refractivity contribution in [2.75, 3.05) is 0 Å². The van der Waals surface area contributed by atoms with E-state index in [0.29, 0.717) is 0 Å². The van der Waals surface area contributed by atoms with Crippen molar-refractivity contribution in [3.05, 3.63) is 48.3 Å². The lowest BCUT2D eigenvalue weighted by molar-refractivity contribution is 0.324. The zero-order valence-corrected chi connectivity index (χ0v) is 11.5. The number of nitriles is 1. The van der Waals surface area contributed by atoms with E-state index in [1.165, 1.54) is 0 Å². The van der Waals surface area contributed by atoms with Crippen molar-refractivity contribution in [1.29, 1.82) is 5.26 Å². The van der Waals surface area contributed by atoms with Crippen molar-refractivity contribution >= 4 is 11.0 Å². The van der Waals surface area contributed by atoms with Crippen molar-refractivity contribution in [2.45, 2.75) is 24.7 Å². The van der Waals surface area contributed by atoms with Crippen molar-refractivity contribution in [3.8, 4) is 17.2 Å². The molecule has 1 N–H and O–H groups in total. The molecular weight excluding hydrogens is 260 g/mol. The Kier molecular flexibility index (Phi) is 2.55. The Morgan fingerprint density at radius 1 is 1.24 bits per heavy atom. The van der Waals surface area contributed by atoms with Gasteiger partial charge in [0.2, 0.25) is 0 Å². The molecule has 1 aromatic carbocycles. The number of H-pyrrole nitrogens is 1. The summed E-state index contributed by atoms with van der Waals surface area (Å²) in [7, 11) is 0. The van der Waals surface area contributed by atoms with Gasteiger partial charge in [-0.15, -0.1) is 0 Å². The van der Waals surface area contributed by atoms with Crippen LogP contribution in [0.1, 0.15) is 24.8 Å². The third-order valence-corrected chi connectivity index (χ3v) is 4.50. The number of aromatic amines is 1. The Bertz CT molecular complexity index is 852. The van der Waals surface area contributed by atoms with Gasteiger partial charge in [0.05, 0.1) is 17.7 Å². The summed E-state index contributed by atoms with van der Waals surface area (Å²) in [5, 5.41) is 17.5. The molecule has 0 spiro atoms. The standard InChI is InChI=1S/C17H14N4/c18-11-17(6-2-7-17)13-4-1-3-12(9-13)14-5-8-19-16-15(14)10-20-21-16/h1,3-5,8-10H,2,6-7H2,(H,19,20,21). The summed E-state index contributed by atoms with van der Waals surface area (Å²) in [6, 6.07) is 12.8. The van der Waals surface area contributed by atoms with Gasteiger partial charge in [0.15, 0.2) is 5.65 Å². The van der Waals surface area contributed by atoms with E-state index in [1.807, 2.05) is 12.1 Å². The minimum atomic E-state index is -0.279. The third-order valence-electron chi connectivity index (χ3n) is 4.50. The van der Waals surface area contributed by atoms with Crippen molar-refractivity contribution in [2.24, 2.45) is 0 Å². The molecule has 1 fully saturated rings. The van der Waals surface area contributed by atoms with Crippen LogP contribution in [0.3, 0.4) is 0 Å². The fourth-order valence-corrected chi connectivity index (χ4v) is 3.08. The largest absolute Gasteiger partial charge is 0.261 e. The molecule has 4 heteroatoms. The molecule has 2 aromatic heterocycles. The second-order valence-corrected chi connectivity index (χ2v) is 5.62. The van der Waals surface area contributed by atoms with E-state index < -0.39 is 0 Å². The highest BCUT2D eigenvalue weighted by Gasteiger charge is 2.38. The lowest BCUT2D eigenvalue weighted by atomic mass is 9.65. The summed E-state index contributed by atoms with van der Waals surface area (Å²) >= 11 is 0. The molecule has 102 valence electrons. The van der Waals surface area contributed by atoms with Gasteiger partial charge in [-0.05, 0) is 48.1 Å². The van der Waals surface area contributed by atoms with Crippen LogP contribution in [0.5, 0.6) is 0 Å². The van der Waals surface area contributed by atoms with E-state index in [4.69, 9.17) is 0 Å². The number of rotatable bonds is 2. The van der Waals surface area contributed by atoms with Crippen LogP contribution in [-0.2, 0) is 5.41 Å². The maximum absolute atomic E-state index is 9.52. The number of hydrogen-bond donors (Lipinski definition) is 1. The van der Waals surface area contributed by atoms with Crippen LogP contribution in [0.15, 0.2) is 42.7 Å². The van der Waals surface area contributed by atoms with Crippen LogP contribution in [0, 0.1) is 11.3 Å². The van der Waals surface area contributed by atoms with Crippen LogP contribution in [0.25, 0.3) is 22.2 Å². The van der Waals surface area contributed by atoms with Gasteiger partial charge >= 0.3 is 0 Å². The lowest BCUT2D eigenvalue weighted by Crippen LogP contribution is -2.32. The first kappa shape index (κ1) is 12.1. The number of benzene rings is 1. The highest BCUT2D eigenvalue weighted by molar-refractivity contribution is 5.92. The second kappa shape index (κ2) is 4.42. The Morgan fingerprint density at radius 3 is 2.90 bits per heavy atom. The van der Waals surface area contributed by atoms with Gasteiger partial charge in [-0.3, -0.25) is 5.10 Å². The van der Waals surface area contributed by atoms with E-state index in [0.717, 1.165) is 47.0 Å². The summed E-state index contributed by atoms with van der Waals surface area (Å²) in [5.74, 6) is 0. The molecule has 1 saturated carbocycles. The molecule has 1 aliphatic rings. The van der Waals surface area contributed by atoms with Gasteiger partial charge in [0.25, 0.3) is 0 Å². The molecule has 4 rings (SSSR count). The molecule has 1 aliphatic carbocycles. The first-order valence-electron chi connectivity index (χ1n) is 7.13. The first-order chi connectivity index (χ1) is 10.3. The number of nitrogens with one attached hydrogen (secondary N) is 1. The molecular formula is C17H14N4. The molecule has 0 amide bonds. The van der Waals surface area contributed by atoms with Crippen molar-refractivity contribution in [1.82, 2.24) is 15.2 Å². The van der Waals surface area contributed by atoms with Crippen LogP contribution >= 0.6 is 0 Å².